The largest absolute Gasteiger partial charge is 0.444 e. The Morgan fingerprint density at radius 2 is 2.05 bits per heavy atom. The molecule has 1 unspecified atom stereocenters. The van der Waals surface area contributed by atoms with E-state index in [0.717, 1.165) is 19.3 Å². The lowest BCUT2D eigenvalue weighted by Gasteiger charge is -2.27. The first kappa shape index (κ1) is 18.8. The van der Waals surface area contributed by atoms with Crippen LogP contribution in [0.25, 0.3) is 0 Å². The van der Waals surface area contributed by atoms with E-state index in [1.54, 1.807) is 11.9 Å². The van der Waals surface area contributed by atoms with Crippen LogP contribution in [0.2, 0.25) is 0 Å². The van der Waals surface area contributed by atoms with Crippen molar-refractivity contribution in [1.29, 1.82) is 0 Å². The Balaban J connectivity index is 2.53. The molecule has 4 nitrogen and oxygen atoms in total. The maximum atomic E-state index is 12.0. The number of hydrogen-bond acceptors (Lipinski definition) is 3. The monoisotopic (exact) mass is 308 g/mol. The number of carbonyl (C=O) groups is 1. The fourth-order valence-electron chi connectivity index (χ4n) is 2.54. The highest BCUT2D eigenvalue weighted by Gasteiger charge is 2.21. The number of amides is 1. The lowest BCUT2D eigenvalue weighted by atomic mass is 9.85. The van der Waals surface area contributed by atoms with Gasteiger partial charge < -0.3 is 15.4 Å². The first-order valence-electron chi connectivity index (χ1n) is 8.17. The van der Waals surface area contributed by atoms with Crippen molar-refractivity contribution in [3.8, 4) is 0 Å². The molecule has 0 aromatic carbocycles. The average Bonchev–Trinajstić information content (AvgIpc) is 2.42. The molecule has 1 aliphatic rings. The SMILES string of the molecule is CC1=C(CN)C=C(C(C)CCN(C)C(=O)OC(C)(C)C)CC1. The maximum Gasteiger partial charge on any atom is 0.410 e. The predicted molar refractivity (Wildman–Crippen MR) is 91.7 cm³/mol. The fraction of sp³-hybridized carbons (Fsp3) is 0.722. The molecule has 22 heavy (non-hydrogen) atoms. The number of nitrogens with zero attached hydrogens (tertiary/aromatic N) is 1. The van der Waals surface area contributed by atoms with Crippen molar-refractivity contribution in [2.75, 3.05) is 20.1 Å². The van der Waals surface area contributed by atoms with Crippen molar-refractivity contribution < 1.29 is 9.53 Å². The van der Waals surface area contributed by atoms with Crippen LogP contribution in [0.15, 0.2) is 22.8 Å². The summed E-state index contributed by atoms with van der Waals surface area (Å²) in [6.45, 7) is 11.4. The van der Waals surface area contributed by atoms with Crippen molar-refractivity contribution in [1.82, 2.24) is 4.90 Å². The standard InChI is InChI=1S/C18H32N2O2/c1-13-7-8-15(11-16(13)12-19)14(2)9-10-20(6)17(21)22-18(3,4)5/h11,14H,7-10,12,19H2,1-6H3. The quantitative estimate of drug-likeness (QED) is 0.838. The van der Waals surface area contributed by atoms with Gasteiger partial charge in [-0.2, -0.15) is 0 Å². The van der Waals surface area contributed by atoms with Gasteiger partial charge >= 0.3 is 6.09 Å². The molecule has 1 amide bonds. The smallest absolute Gasteiger partial charge is 0.410 e. The van der Waals surface area contributed by atoms with Gasteiger partial charge in [-0.3, -0.25) is 0 Å². The number of rotatable bonds is 5. The number of allylic oxidation sites excluding steroid dienone is 2. The molecule has 4 heteroatoms. The molecular weight excluding hydrogens is 276 g/mol. The molecule has 0 aromatic rings. The van der Waals surface area contributed by atoms with E-state index in [9.17, 15) is 4.79 Å². The molecule has 1 atom stereocenters. The summed E-state index contributed by atoms with van der Waals surface area (Å²) in [5, 5.41) is 0. The minimum absolute atomic E-state index is 0.254. The van der Waals surface area contributed by atoms with E-state index in [4.69, 9.17) is 10.5 Å². The predicted octanol–water partition coefficient (Wildman–Crippen LogP) is 3.87. The summed E-state index contributed by atoms with van der Waals surface area (Å²) in [5.74, 6) is 0.458. The third-order valence-corrected chi connectivity index (χ3v) is 4.15. The molecule has 0 bridgehead atoms. The van der Waals surface area contributed by atoms with Gasteiger partial charge in [0, 0.05) is 20.1 Å². The highest BCUT2D eigenvalue weighted by molar-refractivity contribution is 5.67. The molecule has 0 saturated heterocycles. The molecule has 0 aliphatic heterocycles. The van der Waals surface area contributed by atoms with Gasteiger partial charge in [0.25, 0.3) is 0 Å². The van der Waals surface area contributed by atoms with Crippen LogP contribution in [0.4, 0.5) is 4.79 Å². The molecule has 0 saturated carbocycles. The lowest BCUT2D eigenvalue weighted by molar-refractivity contribution is 0.0293. The van der Waals surface area contributed by atoms with Crippen LogP contribution < -0.4 is 5.73 Å². The fourth-order valence-corrected chi connectivity index (χ4v) is 2.54. The second-order valence-electron chi connectivity index (χ2n) is 7.32. The summed E-state index contributed by atoms with van der Waals surface area (Å²) >= 11 is 0. The Hall–Kier alpha value is -1.29. The summed E-state index contributed by atoms with van der Waals surface area (Å²) < 4.78 is 5.37. The third kappa shape index (κ3) is 5.84. The van der Waals surface area contributed by atoms with E-state index in [1.165, 1.54) is 16.7 Å². The summed E-state index contributed by atoms with van der Waals surface area (Å²) in [6.07, 6.45) is 5.16. The van der Waals surface area contributed by atoms with Crippen LogP contribution in [-0.2, 0) is 4.74 Å². The Morgan fingerprint density at radius 3 is 2.59 bits per heavy atom. The van der Waals surface area contributed by atoms with Gasteiger partial charge in [0.2, 0.25) is 0 Å². The number of nitrogens with two attached hydrogens (primary N) is 1. The van der Waals surface area contributed by atoms with E-state index in [0.29, 0.717) is 19.0 Å². The molecule has 0 radical (unpaired) electrons. The van der Waals surface area contributed by atoms with E-state index < -0.39 is 5.60 Å². The first-order valence-corrected chi connectivity index (χ1v) is 8.17. The Bertz CT molecular complexity index is 458. The zero-order chi connectivity index (χ0) is 16.9. The summed E-state index contributed by atoms with van der Waals surface area (Å²) in [6, 6.07) is 0. The average molecular weight is 308 g/mol. The molecule has 126 valence electrons. The summed E-state index contributed by atoms with van der Waals surface area (Å²) in [7, 11) is 1.80. The van der Waals surface area contributed by atoms with E-state index in [-0.39, 0.29) is 6.09 Å². The molecule has 0 heterocycles. The minimum Gasteiger partial charge on any atom is -0.444 e. The van der Waals surface area contributed by atoms with E-state index >= 15 is 0 Å². The first-order chi connectivity index (χ1) is 10.1. The Kier molecular flexibility index (Phi) is 6.66. The summed E-state index contributed by atoms with van der Waals surface area (Å²) in [4.78, 5) is 13.6. The van der Waals surface area contributed by atoms with Crippen LogP contribution in [0.1, 0.15) is 53.9 Å². The van der Waals surface area contributed by atoms with Gasteiger partial charge in [-0.05, 0) is 58.4 Å². The topological polar surface area (TPSA) is 55.6 Å². The summed E-state index contributed by atoms with van der Waals surface area (Å²) in [5.41, 5.74) is 9.49. The Labute approximate surface area is 135 Å². The van der Waals surface area contributed by atoms with Crippen molar-refractivity contribution in [3.63, 3.8) is 0 Å². The molecule has 1 rings (SSSR count). The van der Waals surface area contributed by atoms with Crippen LogP contribution >= 0.6 is 0 Å². The van der Waals surface area contributed by atoms with E-state index in [1.807, 2.05) is 20.8 Å². The highest BCUT2D eigenvalue weighted by Crippen LogP contribution is 2.29. The maximum absolute atomic E-state index is 12.0. The molecule has 0 fully saturated rings. The van der Waals surface area contributed by atoms with Crippen molar-refractivity contribution in [2.45, 2.75) is 59.5 Å². The zero-order valence-corrected chi connectivity index (χ0v) is 15.0. The van der Waals surface area contributed by atoms with Gasteiger partial charge in [0.1, 0.15) is 5.60 Å². The van der Waals surface area contributed by atoms with Gasteiger partial charge in [0.15, 0.2) is 0 Å². The van der Waals surface area contributed by atoms with Crippen LogP contribution in [0.3, 0.4) is 0 Å². The van der Waals surface area contributed by atoms with Crippen LogP contribution in [-0.4, -0.2) is 36.7 Å². The molecular formula is C18H32N2O2. The Morgan fingerprint density at radius 1 is 1.41 bits per heavy atom. The molecule has 1 aliphatic carbocycles. The van der Waals surface area contributed by atoms with Crippen LogP contribution in [0.5, 0.6) is 0 Å². The zero-order valence-electron chi connectivity index (χ0n) is 15.0. The number of ether oxygens (including phenoxy) is 1. The molecule has 0 spiro atoms. The second kappa shape index (κ2) is 7.82. The van der Waals surface area contributed by atoms with Gasteiger partial charge in [-0.15, -0.1) is 0 Å². The number of hydrogen-bond donors (Lipinski definition) is 1. The van der Waals surface area contributed by atoms with Crippen molar-refractivity contribution >= 4 is 6.09 Å². The molecule has 0 aromatic heterocycles. The van der Waals surface area contributed by atoms with Gasteiger partial charge in [-0.1, -0.05) is 24.1 Å². The molecule has 2 N–H and O–H groups in total. The van der Waals surface area contributed by atoms with E-state index in [2.05, 4.69) is 19.9 Å². The van der Waals surface area contributed by atoms with Crippen LogP contribution in [0, 0.1) is 5.92 Å². The number of carbonyl (C=O) groups excluding carboxylic acids is 1. The normalized spacial score (nSPS) is 17.1. The van der Waals surface area contributed by atoms with Crippen molar-refractivity contribution in [3.05, 3.63) is 22.8 Å². The minimum atomic E-state index is -0.443. The lowest BCUT2D eigenvalue weighted by Crippen LogP contribution is -2.35. The van der Waals surface area contributed by atoms with Gasteiger partial charge in [0.05, 0.1) is 0 Å². The van der Waals surface area contributed by atoms with Gasteiger partial charge in [-0.25, -0.2) is 4.79 Å². The second-order valence-corrected chi connectivity index (χ2v) is 7.32. The highest BCUT2D eigenvalue weighted by atomic mass is 16.6. The third-order valence-electron chi connectivity index (χ3n) is 4.15. The van der Waals surface area contributed by atoms with Crippen molar-refractivity contribution in [2.24, 2.45) is 11.7 Å².